The maximum Gasteiger partial charge on any atom is 0.358 e. The molecule has 0 unspecified atom stereocenters. The Balaban J connectivity index is 1.74. The van der Waals surface area contributed by atoms with Gasteiger partial charge in [0.1, 0.15) is 11.2 Å². The number of nitrogens with one attached hydrogen (secondary N) is 1. The number of benzene rings is 1. The number of esters is 1. The summed E-state index contributed by atoms with van der Waals surface area (Å²) in [6.45, 7) is 6.19. The van der Waals surface area contributed by atoms with E-state index in [-0.39, 0.29) is 35.8 Å². The molecule has 0 spiro atoms. The zero-order valence-corrected chi connectivity index (χ0v) is 19.8. The van der Waals surface area contributed by atoms with E-state index in [2.05, 4.69) is 17.3 Å². The highest BCUT2D eigenvalue weighted by atomic mass is 16.5. The van der Waals surface area contributed by atoms with E-state index in [1.54, 1.807) is 11.8 Å². The molecule has 2 aliphatic rings. The summed E-state index contributed by atoms with van der Waals surface area (Å²) in [5.74, 6) is -0.529. The van der Waals surface area contributed by atoms with Gasteiger partial charge in [0.15, 0.2) is 5.69 Å². The first-order chi connectivity index (χ1) is 15.8. The van der Waals surface area contributed by atoms with Crippen LogP contribution in [0.4, 0.5) is 5.69 Å². The first kappa shape index (κ1) is 23.0. The van der Waals surface area contributed by atoms with Crippen LogP contribution in [0.1, 0.15) is 73.0 Å². The van der Waals surface area contributed by atoms with Gasteiger partial charge in [-0.25, -0.2) is 4.79 Å². The third kappa shape index (κ3) is 4.26. The number of fused-ring (bicyclic) bond motifs is 1. The molecule has 1 fully saturated rings. The van der Waals surface area contributed by atoms with E-state index in [0.717, 1.165) is 37.7 Å². The van der Waals surface area contributed by atoms with Crippen molar-refractivity contribution < 1.29 is 19.1 Å². The molecule has 8 nitrogen and oxygen atoms in total. The minimum atomic E-state index is -1.21. The Bertz CT molecular complexity index is 1070. The van der Waals surface area contributed by atoms with Gasteiger partial charge in [-0.15, -0.1) is 0 Å². The van der Waals surface area contributed by atoms with Crippen molar-refractivity contribution in [2.75, 3.05) is 12.0 Å². The van der Waals surface area contributed by atoms with E-state index in [4.69, 9.17) is 4.74 Å². The molecule has 33 heavy (non-hydrogen) atoms. The molecule has 1 saturated carbocycles. The molecule has 1 aromatic heterocycles. The number of carbonyl (C=O) groups excluding carboxylic acids is 3. The second-order valence-corrected chi connectivity index (χ2v) is 9.43. The molecular formula is C25H32N4O4. The highest BCUT2D eigenvalue weighted by Gasteiger charge is 2.49. The minimum Gasteiger partial charge on any atom is -0.464 e. The largest absolute Gasteiger partial charge is 0.464 e. The van der Waals surface area contributed by atoms with Gasteiger partial charge >= 0.3 is 5.97 Å². The monoisotopic (exact) mass is 452 g/mol. The lowest BCUT2D eigenvalue weighted by Gasteiger charge is -2.44. The van der Waals surface area contributed by atoms with Gasteiger partial charge in [0, 0.05) is 17.8 Å². The van der Waals surface area contributed by atoms with Crippen molar-refractivity contribution in [3.63, 3.8) is 0 Å². The number of aromatic nitrogens is 2. The predicted octanol–water partition coefficient (Wildman–Crippen LogP) is 3.35. The third-order valence-corrected chi connectivity index (χ3v) is 6.97. The number of rotatable bonds is 5. The summed E-state index contributed by atoms with van der Waals surface area (Å²) in [6.07, 6.45) is 4.83. The normalized spacial score (nSPS) is 24.8. The van der Waals surface area contributed by atoms with Crippen molar-refractivity contribution in [2.45, 2.75) is 71.0 Å². The molecule has 1 N–H and O–H groups in total. The van der Waals surface area contributed by atoms with Crippen LogP contribution in [0.2, 0.25) is 0 Å². The van der Waals surface area contributed by atoms with Crippen molar-refractivity contribution in [1.82, 2.24) is 15.1 Å². The fourth-order valence-electron chi connectivity index (χ4n) is 4.85. The molecule has 0 radical (unpaired) electrons. The molecule has 8 heteroatoms. The summed E-state index contributed by atoms with van der Waals surface area (Å²) in [4.78, 5) is 41.1. The zero-order chi connectivity index (χ0) is 23.8. The molecule has 176 valence electrons. The van der Waals surface area contributed by atoms with Crippen LogP contribution in [0.25, 0.3) is 0 Å². The highest BCUT2D eigenvalue weighted by molar-refractivity contribution is 6.12. The van der Waals surface area contributed by atoms with Crippen molar-refractivity contribution in [3.05, 3.63) is 47.3 Å². The van der Waals surface area contributed by atoms with Crippen LogP contribution in [0.3, 0.4) is 0 Å². The zero-order valence-electron chi connectivity index (χ0n) is 19.8. The second-order valence-electron chi connectivity index (χ2n) is 9.43. The SMILES string of the molecule is CCc1cccc(N2C(=O)c3cc(C(=O)OC)nn3C[C@@]2(C)C(=O)NC2CCC(C)CC2)c1. The van der Waals surface area contributed by atoms with Crippen LogP contribution in [-0.4, -0.2) is 46.3 Å². The molecule has 1 aromatic carbocycles. The number of methoxy groups -OCH3 is 1. The van der Waals surface area contributed by atoms with E-state index in [1.807, 2.05) is 31.2 Å². The van der Waals surface area contributed by atoms with Gasteiger partial charge in [0.05, 0.1) is 13.7 Å². The lowest BCUT2D eigenvalue weighted by atomic mass is 9.86. The lowest BCUT2D eigenvalue weighted by molar-refractivity contribution is -0.127. The molecule has 1 aliphatic heterocycles. The number of ether oxygens (including phenoxy) is 1. The van der Waals surface area contributed by atoms with E-state index < -0.39 is 11.5 Å². The molecule has 1 aliphatic carbocycles. The molecule has 1 atom stereocenters. The van der Waals surface area contributed by atoms with Crippen molar-refractivity contribution in [3.8, 4) is 0 Å². The molecule has 2 aromatic rings. The maximum absolute atomic E-state index is 13.7. The van der Waals surface area contributed by atoms with E-state index >= 15 is 0 Å². The number of aryl methyl sites for hydroxylation is 1. The number of amides is 2. The minimum absolute atomic E-state index is 0.0500. The highest BCUT2D eigenvalue weighted by Crippen LogP contribution is 2.34. The number of hydrogen-bond acceptors (Lipinski definition) is 5. The second kappa shape index (κ2) is 9.00. The average Bonchev–Trinajstić information content (AvgIpc) is 3.24. The predicted molar refractivity (Wildman–Crippen MR) is 124 cm³/mol. The van der Waals surface area contributed by atoms with Crippen molar-refractivity contribution in [1.29, 1.82) is 0 Å². The Morgan fingerprint density at radius 3 is 2.61 bits per heavy atom. The van der Waals surface area contributed by atoms with Gasteiger partial charge in [-0.05, 0) is 62.6 Å². The number of anilines is 1. The van der Waals surface area contributed by atoms with Crippen LogP contribution >= 0.6 is 0 Å². The Hall–Kier alpha value is -3.16. The Kier molecular flexibility index (Phi) is 6.28. The quantitative estimate of drug-likeness (QED) is 0.703. The average molecular weight is 453 g/mol. The summed E-state index contributed by atoms with van der Waals surface area (Å²) < 4.78 is 6.24. The standard InChI is InChI=1S/C25H32N4O4/c1-5-17-7-6-8-19(13-17)29-22(30)21-14-20(23(31)33-4)27-28(21)15-25(29,3)24(32)26-18-11-9-16(2)10-12-18/h6-8,13-14,16,18H,5,9-12,15H2,1-4H3,(H,26,32)/t16?,18?,25-/m0/s1. The van der Waals surface area contributed by atoms with Crippen LogP contribution in [0, 0.1) is 5.92 Å². The van der Waals surface area contributed by atoms with Gasteiger partial charge in [0.2, 0.25) is 5.91 Å². The maximum atomic E-state index is 13.7. The van der Waals surface area contributed by atoms with E-state index in [1.165, 1.54) is 17.9 Å². The van der Waals surface area contributed by atoms with Crippen LogP contribution in [0.15, 0.2) is 30.3 Å². The Morgan fingerprint density at radius 1 is 1.21 bits per heavy atom. The summed E-state index contributed by atoms with van der Waals surface area (Å²) in [5, 5.41) is 7.49. The van der Waals surface area contributed by atoms with Gasteiger partial charge in [-0.1, -0.05) is 26.0 Å². The number of nitrogens with zero attached hydrogens (tertiary/aromatic N) is 3. The topological polar surface area (TPSA) is 93.5 Å². The van der Waals surface area contributed by atoms with Crippen LogP contribution < -0.4 is 10.2 Å². The van der Waals surface area contributed by atoms with Crippen LogP contribution in [-0.2, 0) is 22.5 Å². The fraction of sp³-hybridized carbons (Fsp3) is 0.520. The van der Waals surface area contributed by atoms with Gasteiger partial charge in [-0.3, -0.25) is 19.2 Å². The fourth-order valence-corrected chi connectivity index (χ4v) is 4.85. The third-order valence-electron chi connectivity index (χ3n) is 6.97. The summed E-state index contributed by atoms with van der Waals surface area (Å²) >= 11 is 0. The smallest absolute Gasteiger partial charge is 0.358 e. The van der Waals surface area contributed by atoms with Gasteiger partial charge in [0.25, 0.3) is 5.91 Å². The number of hydrogen-bond donors (Lipinski definition) is 1. The van der Waals surface area contributed by atoms with Gasteiger partial charge < -0.3 is 10.1 Å². The van der Waals surface area contributed by atoms with E-state index in [9.17, 15) is 14.4 Å². The Labute approximate surface area is 194 Å². The Morgan fingerprint density at radius 2 is 1.94 bits per heavy atom. The van der Waals surface area contributed by atoms with E-state index in [0.29, 0.717) is 11.6 Å². The first-order valence-corrected chi connectivity index (χ1v) is 11.7. The molecular weight excluding hydrogens is 420 g/mol. The van der Waals surface area contributed by atoms with Crippen molar-refractivity contribution >= 4 is 23.5 Å². The number of carbonyl (C=O) groups is 3. The molecule has 2 amide bonds. The first-order valence-electron chi connectivity index (χ1n) is 11.7. The van der Waals surface area contributed by atoms with Gasteiger partial charge in [-0.2, -0.15) is 5.10 Å². The molecule has 0 saturated heterocycles. The lowest BCUT2D eigenvalue weighted by Crippen LogP contribution is -2.65. The summed E-state index contributed by atoms with van der Waals surface area (Å²) in [6, 6.07) is 9.21. The summed E-state index contributed by atoms with van der Waals surface area (Å²) in [5.41, 5.74) is 0.821. The molecule has 2 heterocycles. The molecule has 4 rings (SSSR count). The summed E-state index contributed by atoms with van der Waals surface area (Å²) in [7, 11) is 1.27. The van der Waals surface area contributed by atoms with Crippen molar-refractivity contribution in [2.24, 2.45) is 5.92 Å². The molecule has 0 bridgehead atoms. The van der Waals surface area contributed by atoms with Crippen LogP contribution in [0.5, 0.6) is 0 Å².